The lowest BCUT2D eigenvalue weighted by molar-refractivity contribution is 0.0946. The van der Waals surface area contributed by atoms with Crippen molar-refractivity contribution in [3.8, 4) is 22.9 Å². The molecule has 0 fully saturated rings. The number of hydrogen-bond acceptors (Lipinski definition) is 6. The minimum atomic E-state index is -0.312. The SMILES string of the molecule is O=C(NCc1nc(-c2ccc3c(c2)OCO3)no1)c1ccccc1Cl. The Bertz CT molecular complexity index is 941. The van der Waals surface area contributed by atoms with Crippen LogP contribution in [-0.4, -0.2) is 22.8 Å². The second-order valence-electron chi connectivity index (χ2n) is 5.24. The van der Waals surface area contributed by atoms with Crippen molar-refractivity contribution in [2.24, 2.45) is 0 Å². The van der Waals surface area contributed by atoms with Crippen molar-refractivity contribution in [2.45, 2.75) is 6.54 Å². The van der Waals surface area contributed by atoms with E-state index in [2.05, 4.69) is 15.5 Å². The van der Waals surface area contributed by atoms with Gasteiger partial charge in [0.25, 0.3) is 5.91 Å². The van der Waals surface area contributed by atoms with Crippen molar-refractivity contribution >= 4 is 17.5 Å². The summed E-state index contributed by atoms with van der Waals surface area (Å²) in [5.41, 5.74) is 1.12. The maximum atomic E-state index is 12.1. The number of ether oxygens (including phenoxy) is 2. The van der Waals surface area contributed by atoms with Gasteiger partial charge in [0.1, 0.15) is 0 Å². The van der Waals surface area contributed by atoms with Crippen molar-refractivity contribution in [1.29, 1.82) is 0 Å². The highest BCUT2D eigenvalue weighted by Gasteiger charge is 2.17. The normalized spacial score (nSPS) is 12.2. The lowest BCUT2D eigenvalue weighted by Crippen LogP contribution is -2.23. The molecule has 0 bridgehead atoms. The van der Waals surface area contributed by atoms with Crippen LogP contribution in [0.4, 0.5) is 0 Å². The number of amides is 1. The summed E-state index contributed by atoms with van der Waals surface area (Å²) in [6.07, 6.45) is 0. The lowest BCUT2D eigenvalue weighted by atomic mass is 10.2. The first-order valence-electron chi connectivity index (χ1n) is 7.46. The molecule has 0 atom stereocenters. The molecule has 2 aromatic carbocycles. The molecule has 2 heterocycles. The molecule has 0 radical (unpaired) electrons. The van der Waals surface area contributed by atoms with Crippen LogP contribution in [0.15, 0.2) is 47.0 Å². The molecule has 1 aromatic heterocycles. The summed E-state index contributed by atoms with van der Waals surface area (Å²) in [6, 6.07) is 12.2. The Morgan fingerprint density at radius 3 is 2.88 bits per heavy atom. The van der Waals surface area contributed by atoms with E-state index in [1.165, 1.54) is 0 Å². The van der Waals surface area contributed by atoms with Gasteiger partial charge in [-0.2, -0.15) is 4.98 Å². The van der Waals surface area contributed by atoms with Crippen molar-refractivity contribution in [1.82, 2.24) is 15.5 Å². The third-order valence-corrected chi connectivity index (χ3v) is 3.95. The molecule has 7 nitrogen and oxygen atoms in total. The molecule has 0 aliphatic carbocycles. The Morgan fingerprint density at radius 2 is 2.00 bits per heavy atom. The van der Waals surface area contributed by atoms with E-state index in [0.29, 0.717) is 27.9 Å². The van der Waals surface area contributed by atoms with Gasteiger partial charge < -0.3 is 19.3 Å². The second-order valence-corrected chi connectivity index (χ2v) is 5.65. The summed E-state index contributed by atoms with van der Waals surface area (Å²) < 4.78 is 15.8. The smallest absolute Gasteiger partial charge is 0.253 e. The van der Waals surface area contributed by atoms with Crippen molar-refractivity contribution < 1.29 is 18.8 Å². The van der Waals surface area contributed by atoms with Gasteiger partial charge in [-0.05, 0) is 30.3 Å². The van der Waals surface area contributed by atoms with Crippen LogP contribution >= 0.6 is 11.6 Å². The third-order valence-electron chi connectivity index (χ3n) is 3.62. The fourth-order valence-corrected chi connectivity index (χ4v) is 2.60. The molecule has 0 unspecified atom stereocenters. The van der Waals surface area contributed by atoms with Crippen LogP contribution in [0.3, 0.4) is 0 Å². The Labute approximate surface area is 147 Å². The number of carbonyl (C=O) groups is 1. The van der Waals surface area contributed by atoms with E-state index in [4.69, 9.17) is 25.6 Å². The number of hydrogen-bond donors (Lipinski definition) is 1. The van der Waals surface area contributed by atoms with Crippen LogP contribution in [0.5, 0.6) is 11.5 Å². The van der Waals surface area contributed by atoms with Crippen molar-refractivity contribution in [3.63, 3.8) is 0 Å². The molecule has 0 spiro atoms. The quantitative estimate of drug-likeness (QED) is 0.772. The average molecular weight is 358 g/mol. The highest BCUT2D eigenvalue weighted by atomic mass is 35.5. The van der Waals surface area contributed by atoms with Gasteiger partial charge in [-0.3, -0.25) is 4.79 Å². The number of aromatic nitrogens is 2. The Kier molecular flexibility index (Phi) is 3.99. The first-order valence-corrected chi connectivity index (χ1v) is 7.84. The predicted octanol–water partition coefficient (Wildman–Crippen LogP) is 3.05. The van der Waals surface area contributed by atoms with Gasteiger partial charge in [-0.1, -0.05) is 28.9 Å². The van der Waals surface area contributed by atoms with Gasteiger partial charge in [0, 0.05) is 5.56 Å². The van der Waals surface area contributed by atoms with E-state index < -0.39 is 0 Å². The zero-order chi connectivity index (χ0) is 17.2. The maximum Gasteiger partial charge on any atom is 0.253 e. The number of rotatable bonds is 4. The average Bonchev–Trinajstić information content (AvgIpc) is 3.28. The Morgan fingerprint density at radius 1 is 1.16 bits per heavy atom. The standard InChI is InChI=1S/C17H12ClN3O4/c18-12-4-2-1-3-11(12)17(22)19-8-15-20-16(21-25-15)10-5-6-13-14(7-10)24-9-23-13/h1-7H,8-9H2,(H,19,22). The number of fused-ring (bicyclic) bond motifs is 1. The largest absolute Gasteiger partial charge is 0.454 e. The molecule has 3 aromatic rings. The molecule has 1 amide bonds. The molecule has 4 rings (SSSR count). The molecular formula is C17H12ClN3O4. The van der Waals surface area contributed by atoms with E-state index in [-0.39, 0.29) is 25.1 Å². The van der Waals surface area contributed by atoms with Crippen LogP contribution in [0.1, 0.15) is 16.2 Å². The Balaban J connectivity index is 1.45. The van der Waals surface area contributed by atoms with E-state index in [1.54, 1.807) is 36.4 Å². The van der Waals surface area contributed by atoms with Crippen molar-refractivity contribution in [3.05, 3.63) is 58.9 Å². The van der Waals surface area contributed by atoms with Crippen LogP contribution in [0, 0.1) is 0 Å². The first-order chi connectivity index (χ1) is 12.2. The van der Waals surface area contributed by atoms with E-state index in [9.17, 15) is 4.79 Å². The highest BCUT2D eigenvalue weighted by molar-refractivity contribution is 6.33. The molecule has 1 N–H and O–H groups in total. The number of halogens is 1. The van der Waals surface area contributed by atoms with E-state index in [1.807, 2.05) is 6.07 Å². The number of carbonyl (C=O) groups excluding carboxylic acids is 1. The minimum Gasteiger partial charge on any atom is -0.454 e. The molecule has 8 heteroatoms. The molecular weight excluding hydrogens is 346 g/mol. The number of benzene rings is 2. The second kappa shape index (κ2) is 6.45. The van der Waals surface area contributed by atoms with Crippen LogP contribution < -0.4 is 14.8 Å². The van der Waals surface area contributed by atoms with Gasteiger partial charge in [-0.15, -0.1) is 0 Å². The van der Waals surface area contributed by atoms with Gasteiger partial charge in [0.05, 0.1) is 17.1 Å². The van der Waals surface area contributed by atoms with Gasteiger partial charge in [-0.25, -0.2) is 0 Å². The van der Waals surface area contributed by atoms with Gasteiger partial charge in [0.2, 0.25) is 18.5 Å². The van der Waals surface area contributed by atoms with Gasteiger partial charge in [0.15, 0.2) is 11.5 Å². The molecule has 1 aliphatic heterocycles. The fraction of sp³-hybridized carbons (Fsp3) is 0.118. The zero-order valence-electron chi connectivity index (χ0n) is 12.9. The predicted molar refractivity (Wildman–Crippen MR) is 88.5 cm³/mol. The van der Waals surface area contributed by atoms with Crippen LogP contribution in [0.2, 0.25) is 5.02 Å². The fourth-order valence-electron chi connectivity index (χ4n) is 2.38. The summed E-state index contributed by atoms with van der Waals surface area (Å²) in [5.74, 6) is 1.69. The molecule has 0 saturated heterocycles. The molecule has 1 aliphatic rings. The Hall–Kier alpha value is -3.06. The molecule has 0 saturated carbocycles. The zero-order valence-corrected chi connectivity index (χ0v) is 13.6. The van der Waals surface area contributed by atoms with E-state index in [0.717, 1.165) is 5.56 Å². The number of nitrogens with zero attached hydrogens (tertiary/aromatic N) is 2. The van der Waals surface area contributed by atoms with Gasteiger partial charge >= 0.3 is 0 Å². The summed E-state index contributed by atoms with van der Waals surface area (Å²) >= 11 is 6.00. The number of nitrogens with one attached hydrogen (secondary N) is 1. The molecule has 126 valence electrons. The van der Waals surface area contributed by atoms with Crippen molar-refractivity contribution in [2.75, 3.05) is 6.79 Å². The maximum absolute atomic E-state index is 12.1. The lowest BCUT2D eigenvalue weighted by Gasteiger charge is -2.03. The van der Waals surface area contributed by atoms with Crippen LogP contribution in [-0.2, 0) is 6.54 Å². The molecule has 25 heavy (non-hydrogen) atoms. The topological polar surface area (TPSA) is 86.5 Å². The summed E-state index contributed by atoms with van der Waals surface area (Å²) in [4.78, 5) is 16.4. The summed E-state index contributed by atoms with van der Waals surface area (Å²) in [7, 11) is 0. The first kappa shape index (κ1) is 15.5. The van der Waals surface area contributed by atoms with E-state index >= 15 is 0 Å². The minimum absolute atomic E-state index is 0.0988. The highest BCUT2D eigenvalue weighted by Crippen LogP contribution is 2.35. The summed E-state index contributed by atoms with van der Waals surface area (Å²) in [5, 5.41) is 7.00. The van der Waals surface area contributed by atoms with Crippen LogP contribution in [0.25, 0.3) is 11.4 Å². The third kappa shape index (κ3) is 3.14. The monoisotopic (exact) mass is 357 g/mol. The summed E-state index contributed by atoms with van der Waals surface area (Å²) in [6.45, 7) is 0.298.